The molecule has 2 N–H and O–H groups in total. The van der Waals surface area contributed by atoms with Crippen molar-refractivity contribution < 1.29 is 28.2 Å². The van der Waals surface area contributed by atoms with Crippen molar-refractivity contribution in [3.05, 3.63) is 53.8 Å². The van der Waals surface area contributed by atoms with Crippen molar-refractivity contribution in [3.8, 4) is 5.75 Å². The van der Waals surface area contributed by atoms with E-state index >= 15 is 0 Å². The minimum atomic E-state index is -0.665. The Morgan fingerprint density at radius 2 is 2.00 bits per heavy atom. The van der Waals surface area contributed by atoms with Gasteiger partial charge in [0, 0.05) is 36.3 Å². The van der Waals surface area contributed by atoms with E-state index in [1.807, 2.05) is 0 Å². The maximum atomic E-state index is 13.9. The van der Waals surface area contributed by atoms with Crippen LogP contribution in [0.25, 0.3) is 10.9 Å². The Labute approximate surface area is 188 Å². The number of amides is 2. The van der Waals surface area contributed by atoms with Gasteiger partial charge in [0.2, 0.25) is 0 Å². The summed E-state index contributed by atoms with van der Waals surface area (Å²) in [6.45, 7) is 1.08. The molecular weight excluding hydrogens is 431 g/mol. The van der Waals surface area contributed by atoms with Crippen molar-refractivity contribution in [2.24, 2.45) is 0 Å². The van der Waals surface area contributed by atoms with Crippen molar-refractivity contribution in [1.29, 1.82) is 0 Å². The van der Waals surface area contributed by atoms with E-state index in [1.165, 1.54) is 19.2 Å². The molecule has 1 fully saturated rings. The maximum absolute atomic E-state index is 13.9. The number of nitrogens with one attached hydrogen (secondary N) is 2. The molecule has 5 rings (SSSR count). The van der Waals surface area contributed by atoms with E-state index in [9.17, 15) is 14.0 Å². The summed E-state index contributed by atoms with van der Waals surface area (Å²) >= 11 is 0. The molecule has 10 heteroatoms. The average molecular weight is 454 g/mol. The van der Waals surface area contributed by atoms with E-state index in [0.29, 0.717) is 54.7 Å². The number of carbonyl (C=O) groups is 2. The van der Waals surface area contributed by atoms with Crippen LogP contribution in [0.2, 0.25) is 0 Å². The Morgan fingerprint density at radius 3 is 2.79 bits per heavy atom. The molecule has 0 aliphatic carbocycles. The van der Waals surface area contributed by atoms with Crippen LogP contribution in [0.5, 0.6) is 5.75 Å². The van der Waals surface area contributed by atoms with Crippen LogP contribution in [0, 0.1) is 5.82 Å². The van der Waals surface area contributed by atoms with Crippen molar-refractivity contribution in [2.45, 2.75) is 30.9 Å². The number of hydrogen-bond donors (Lipinski definition) is 2. The molecule has 1 atom stereocenters. The molecule has 172 valence electrons. The molecule has 33 heavy (non-hydrogen) atoms. The largest absolute Gasteiger partial charge is 0.487 e. The van der Waals surface area contributed by atoms with Crippen molar-refractivity contribution >= 4 is 28.8 Å². The fourth-order valence-electron chi connectivity index (χ4n) is 4.51. The van der Waals surface area contributed by atoms with Crippen molar-refractivity contribution in [2.75, 3.05) is 25.6 Å². The number of aromatic nitrogens is 2. The van der Waals surface area contributed by atoms with Crippen LogP contribution < -0.4 is 15.4 Å². The molecule has 3 aromatic rings. The van der Waals surface area contributed by atoms with Crippen LogP contribution in [0.3, 0.4) is 0 Å². The summed E-state index contributed by atoms with van der Waals surface area (Å²) in [5.41, 5.74) is 0.678. The summed E-state index contributed by atoms with van der Waals surface area (Å²) in [5.74, 6) is 0.246. The van der Waals surface area contributed by atoms with Gasteiger partial charge in [-0.05, 0) is 18.2 Å². The topological polar surface area (TPSA) is 104 Å². The van der Waals surface area contributed by atoms with E-state index in [2.05, 4.69) is 15.7 Å². The number of carbonyl (C=O) groups excluding carboxylic acids is 2. The fraction of sp³-hybridized carbons (Fsp3) is 0.348. The summed E-state index contributed by atoms with van der Waals surface area (Å²) in [6.07, 6.45) is 1.16. The highest BCUT2D eigenvalue weighted by molar-refractivity contribution is 6.01. The lowest BCUT2D eigenvalue weighted by molar-refractivity contribution is -0.0637. The number of benzene rings is 2. The summed E-state index contributed by atoms with van der Waals surface area (Å²) < 4.78 is 31.5. The predicted molar refractivity (Wildman–Crippen MR) is 117 cm³/mol. The SMILES string of the molecule is COC(=O)n1nc(NC(=O)NC2CC3(CCOCC3)Oc3cc(F)ccc32)c2ccccc21. The first-order chi connectivity index (χ1) is 16.0. The number of hydrogen-bond acceptors (Lipinski definition) is 6. The van der Waals surface area contributed by atoms with Gasteiger partial charge in [0.1, 0.15) is 17.2 Å². The van der Waals surface area contributed by atoms with Crippen molar-refractivity contribution in [1.82, 2.24) is 15.1 Å². The lowest BCUT2D eigenvalue weighted by atomic mass is 9.82. The molecule has 1 spiro atoms. The third-order valence-corrected chi connectivity index (χ3v) is 6.13. The third kappa shape index (κ3) is 3.97. The molecule has 9 nitrogen and oxygen atoms in total. The minimum Gasteiger partial charge on any atom is -0.487 e. The average Bonchev–Trinajstić information content (AvgIpc) is 3.17. The normalized spacial score (nSPS) is 18.9. The van der Waals surface area contributed by atoms with Gasteiger partial charge in [-0.15, -0.1) is 5.10 Å². The molecule has 2 aromatic carbocycles. The Balaban J connectivity index is 1.41. The first-order valence-corrected chi connectivity index (χ1v) is 10.7. The smallest absolute Gasteiger partial charge is 0.435 e. The van der Waals surface area contributed by atoms with Gasteiger partial charge in [-0.25, -0.2) is 14.0 Å². The highest BCUT2D eigenvalue weighted by Gasteiger charge is 2.43. The van der Waals surface area contributed by atoms with Crippen LogP contribution in [0.4, 0.5) is 19.8 Å². The van der Waals surface area contributed by atoms with Crippen LogP contribution in [-0.4, -0.2) is 47.8 Å². The summed E-state index contributed by atoms with van der Waals surface area (Å²) in [5, 5.41) is 10.5. The van der Waals surface area contributed by atoms with Gasteiger partial charge in [-0.1, -0.05) is 18.2 Å². The number of anilines is 1. The van der Waals surface area contributed by atoms with Crippen LogP contribution in [0.15, 0.2) is 42.5 Å². The number of halogens is 1. The summed E-state index contributed by atoms with van der Waals surface area (Å²) in [6, 6.07) is 10.4. The van der Waals surface area contributed by atoms with Gasteiger partial charge in [-0.2, -0.15) is 4.68 Å². The minimum absolute atomic E-state index is 0.223. The van der Waals surface area contributed by atoms with Gasteiger partial charge in [0.25, 0.3) is 0 Å². The van der Waals surface area contributed by atoms with Gasteiger partial charge in [-0.3, -0.25) is 5.32 Å². The number of rotatable bonds is 2. The van der Waals surface area contributed by atoms with Gasteiger partial charge in [0.05, 0.1) is 31.9 Å². The van der Waals surface area contributed by atoms with E-state index < -0.39 is 29.6 Å². The number of ether oxygens (including phenoxy) is 3. The van der Waals surface area contributed by atoms with Crippen molar-refractivity contribution in [3.63, 3.8) is 0 Å². The number of para-hydroxylation sites is 1. The summed E-state index contributed by atoms with van der Waals surface area (Å²) in [7, 11) is 1.26. The zero-order valence-electron chi connectivity index (χ0n) is 18.0. The molecule has 1 unspecified atom stereocenters. The molecule has 2 aliphatic rings. The molecule has 1 saturated heterocycles. The predicted octanol–water partition coefficient (Wildman–Crippen LogP) is 3.98. The Bertz CT molecular complexity index is 1220. The quantitative estimate of drug-likeness (QED) is 0.607. The molecule has 0 bridgehead atoms. The molecular formula is C23H23FN4O5. The molecule has 2 amide bonds. The van der Waals surface area contributed by atoms with E-state index in [1.54, 1.807) is 30.3 Å². The first-order valence-electron chi connectivity index (χ1n) is 10.7. The molecule has 0 radical (unpaired) electrons. The number of fused-ring (bicyclic) bond motifs is 2. The van der Waals surface area contributed by atoms with Gasteiger partial charge in [0.15, 0.2) is 5.82 Å². The molecule has 0 saturated carbocycles. The van der Waals surface area contributed by atoms with Crippen LogP contribution in [0.1, 0.15) is 30.9 Å². The van der Waals surface area contributed by atoms with E-state index in [-0.39, 0.29) is 5.82 Å². The molecule has 1 aromatic heterocycles. The summed E-state index contributed by atoms with van der Waals surface area (Å²) in [4.78, 5) is 25.1. The maximum Gasteiger partial charge on any atom is 0.435 e. The third-order valence-electron chi connectivity index (χ3n) is 6.13. The highest BCUT2D eigenvalue weighted by Crippen LogP contribution is 2.44. The van der Waals surface area contributed by atoms with E-state index in [0.717, 1.165) is 4.68 Å². The molecule has 2 aliphatic heterocycles. The lowest BCUT2D eigenvalue weighted by Crippen LogP contribution is -2.49. The Kier molecular flexibility index (Phi) is 5.37. The fourth-order valence-corrected chi connectivity index (χ4v) is 4.51. The van der Waals surface area contributed by atoms with Crippen LogP contribution >= 0.6 is 0 Å². The Hall–Kier alpha value is -3.66. The zero-order chi connectivity index (χ0) is 23.0. The van der Waals surface area contributed by atoms with Crippen LogP contribution in [-0.2, 0) is 9.47 Å². The lowest BCUT2D eigenvalue weighted by Gasteiger charge is -2.44. The zero-order valence-corrected chi connectivity index (χ0v) is 18.0. The van der Waals surface area contributed by atoms with E-state index in [4.69, 9.17) is 14.2 Å². The number of methoxy groups -OCH3 is 1. The highest BCUT2D eigenvalue weighted by atomic mass is 19.1. The second-order valence-electron chi connectivity index (χ2n) is 8.18. The number of nitrogens with zero attached hydrogens (tertiary/aromatic N) is 2. The number of urea groups is 1. The second-order valence-corrected chi connectivity index (χ2v) is 8.18. The van der Waals surface area contributed by atoms with Gasteiger partial charge < -0.3 is 19.5 Å². The molecule has 3 heterocycles. The standard InChI is InChI=1S/C23H23FN4O5/c1-31-22(30)28-18-5-3-2-4-16(18)20(27-28)26-21(29)25-17-13-23(8-10-32-11-9-23)33-19-12-14(24)6-7-15(17)19/h2-7,12,17H,8-11,13H2,1H3,(H2,25,26,27,29). The monoisotopic (exact) mass is 454 g/mol. The second kappa shape index (κ2) is 8.36. The first kappa shape index (κ1) is 21.2. The Morgan fingerprint density at radius 1 is 1.21 bits per heavy atom. The van der Waals surface area contributed by atoms with Gasteiger partial charge >= 0.3 is 12.1 Å².